The molecule has 1 unspecified atom stereocenters. The Morgan fingerprint density at radius 2 is 1.90 bits per heavy atom. The number of aliphatic carboxylic acids is 1. The third kappa shape index (κ3) is 3.83. The fourth-order valence-electron chi connectivity index (χ4n) is 2.68. The van der Waals surface area contributed by atoms with Gasteiger partial charge in [0, 0.05) is 25.7 Å². The average Bonchev–Trinajstić information content (AvgIpc) is 2.89. The molecule has 3 amide bonds. The fourth-order valence-corrected chi connectivity index (χ4v) is 2.68. The lowest BCUT2D eigenvalue weighted by atomic mass is 10.2. The van der Waals surface area contributed by atoms with Gasteiger partial charge in [0.1, 0.15) is 6.54 Å². The van der Waals surface area contributed by atoms with Crippen LogP contribution in [0.2, 0.25) is 0 Å². The lowest BCUT2D eigenvalue weighted by molar-refractivity contribution is -0.137. The summed E-state index contributed by atoms with van der Waals surface area (Å²) >= 11 is 0. The van der Waals surface area contributed by atoms with Crippen molar-refractivity contribution in [1.82, 2.24) is 20.4 Å². The second-order valence-corrected chi connectivity index (χ2v) is 5.11. The highest BCUT2D eigenvalue weighted by Crippen LogP contribution is 2.21. The molecule has 2 aliphatic rings. The van der Waals surface area contributed by atoms with E-state index >= 15 is 0 Å². The number of rotatable bonds is 4. The molecule has 0 aromatic rings. The summed E-state index contributed by atoms with van der Waals surface area (Å²) < 4.78 is 0. The molecule has 0 bridgehead atoms. The molecule has 2 fully saturated rings. The van der Waals surface area contributed by atoms with Crippen LogP contribution in [0.15, 0.2) is 0 Å². The molecule has 2 saturated heterocycles. The first-order chi connectivity index (χ1) is 9.56. The summed E-state index contributed by atoms with van der Waals surface area (Å²) in [5, 5.41) is 13.1. The van der Waals surface area contributed by atoms with Crippen LogP contribution >= 0.6 is 0 Å². The fraction of sp³-hybridized carbons (Fsp3) is 0.750. The smallest absolute Gasteiger partial charge is 0.322 e. The van der Waals surface area contributed by atoms with E-state index in [4.69, 9.17) is 5.11 Å². The van der Waals surface area contributed by atoms with Gasteiger partial charge in [-0.3, -0.25) is 14.5 Å². The monoisotopic (exact) mass is 284 g/mol. The number of piperazine rings is 1. The topological polar surface area (TPSA) is 102 Å². The molecule has 20 heavy (non-hydrogen) atoms. The van der Waals surface area contributed by atoms with Crippen molar-refractivity contribution in [3.05, 3.63) is 0 Å². The van der Waals surface area contributed by atoms with Gasteiger partial charge < -0.3 is 20.6 Å². The van der Waals surface area contributed by atoms with Gasteiger partial charge in [-0.25, -0.2) is 4.79 Å². The van der Waals surface area contributed by atoms with Gasteiger partial charge in [-0.1, -0.05) is 0 Å². The molecule has 1 atom stereocenters. The molecular formula is C12H20N4O4. The van der Waals surface area contributed by atoms with Gasteiger partial charge in [-0.15, -0.1) is 0 Å². The highest BCUT2D eigenvalue weighted by Gasteiger charge is 2.32. The second-order valence-electron chi connectivity index (χ2n) is 5.11. The van der Waals surface area contributed by atoms with Crippen molar-refractivity contribution in [3.8, 4) is 0 Å². The van der Waals surface area contributed by atoms with E-state index in [0.29, 0.717) is 19.1 Å². The van der Waals surface area contributed by atoms with Crippen LogP contribution in [0.1, 0.15) is 12.8 Å². The summed E-state index contributed by atoms with van der Waals surface area (Å²) in [6.07, 6.45) is 2.29. The Hall–Kier alpha value is -1.83. The van der Waals surface area contributed by atoms with E-state index in [-0.39, 0.29) is 12.6 Å². The molecule has 8 heteroatoms. The van der Waals surface area contributed by atoms with Crippen LogP contribution in [0.25, 0.3) is 0 Å². The zero-order valence-electron chi connectivity index (χ0n) is 11.3. The van der Waals surface area contributed by atoms with Crippen molar-refractivity contribution in [2.75, 3.05) is 39.3 Å². The molecule has 2 aliphatic heterocycles. The third-order valence-corrected chi connectivity index (χ3v) is 3.71. The van der Waals surface area contributed by atoms with Gasteiger partial charge in [0.2, 0.25) is 5.91 Å². The molecule has 3 N–H and O–H groups in total. The van der Waals surface area contributed by atoms with Gasteiger partial charge >= 0.3 is 12.0 Å². The Morgan fingerprint density at radius 3 is 2.65 bits per heavy atom. The van der Waals surface area contributed by atoms with Gasteiger partial charge in [0.15, 0.2) is 0 Å². The molecular weight excluding hydrogens is 264 g/mol. The highest BCUT2D eigenvalue weighted by atomic mass is 16.4. The van der Waals surface area contributed by atoms with Crippen LogP contribution in [-0.4, -0.2) is 78.1 Å². The molecule has 0 aromatic heterocycles. The van der Waals surface area contributed by atoms with Crippen LogP contribution in [0.5, 0.6) is 0 Å². The quantitative estimate of drug-likeness (QED) is 0.594. The van der Waals surface area contributed by atoms with Crippen molar-refractivity contribution in [2.24, 2.45) is 0 Å². The normalized spacial score (nSPS) is 22.2. The number of nitrogens with zero attached hydrogens (tertiary/aromatic N) is 2. The lowest BCUT2D eigenvalue weighted by Crippen LogP contribution is -2.55. The first-order valence-electron chi connectivity index (χ1n) is 6.81. The number of fused-ring (bicyclic) bond motifs is 1. The SMILES string of the molecule is O=C(O)CNC(=O)CNC(=O)N1CCN2CCCC2C1. The van der Waals surface area contributed by atoms with E-state index in [1.807, 2.05) is 0 Å². The van der Waals surface area contributed by atoms with Crippen molar-refractivity contribution < 1.29 is 19.5 Å². The Kier molecular flexibility index (Phi) is 4.78. The molecule has 0 radical (unpaired) electrons. The van der Waals surface area contributed by atoms with Gasteiger partial charge in [0.25, 0.3) is 0 Å². The molecule has 0 saturated carbocycles. The van der Waals surface area contributed by atoms with Crippen molar-refractivity contribution in [1.29, 1.82) is 0 Å². The third-order valence-electron chi connectivity index (χ3n) is 3.71. The minimum absolute atomic E-state index is 0.197. The molecule has 0 aliphatic carbocycles. The first-order valence-corrected chi connectivity index (χ1v) is 6.81. The Balaban J connectivity index is 1.69. The summed E-state index contributed by atoms with van der Waals surface area (Å²) in [6.45, 7) is 2.72. The van der Waals surface area contributed by atoms with Crippen LogP contribution < -0.4 is 10.6 Å². The van der Waals surface area contributed by atoms with Crippen LogP contribution in [0, 0.1) is 0 Å². The maximum Gasteiger partial charge on any atom is 0.322 e. The largest absolute Gasteiger partial charge is 0.480 e. The van der Waals surface area contributed by atoms with E-state index in [0.717, 1.165) is 19.5 Å². The Bertz CT molecular complexity index is 401. The number of urea groups is 1. The number of carbonyl (C=O) groups is 3. The zero-order valence-corrected chi connectivity index (χ0v) is 11.3. The number of nitrogens with one attached hydrogen (secondary N) is 2. The van der Waals surface area contributed by atoms with Gasteiger partial charge in [-0.05, 0) is 19.4 Å². The Morgan fingerprint density at radius 1 is 1.10 bits per heavy atom. The minimum atomic E-state index is -1.11. The van der Waals surface area contributed by atoms with E-state index in [9.17, 15) is 14.4 Å². The first kappa shape index (κ1) is 14.6. The molecule has 112 valence electrons. The average molecular weight is 284 g/mol. The van der Waals surface area contributed by atoms with Gasteiger partial charge in [0.05, 0.1) is 6.54 Å². The lowest BCUT2D eigenvalue weighted by Gasteiger charge is -2.37. The summed E-state index contributed by atoms with van der Waals surface area (Å²) in [4.78, 5) is 37.6. The van der Waals surface area contributed by atoms with Crippen molar-refractivity contribution in [2.45, 2.75) is 18.9 Å². The summed E-state index contributed by atoms with van der Waals surface area (Å²) in [6, 6.07) is 0.178. The standard InChI is InChI=1S/C12H20N4O4/c17-10(13-7-11(18)19)6-14-12(20)16-5-4-15-3-1-2-9(15)8-16/h9H,1-8H2,(H,13,17)(H,14,20)(H,18,19). The van der Waals surface area contributed by atoms with Gasteiger partial charge in [-0.2, -0.15) is 0 Å². The van der Waals surface area contributed by atoms with E-state index in [1.165, 1.54) is 6.42 Å². The van der Waals surface area contributed by atoms with Crippen LogP contribution in [-0.2, 0) is 9.59 Å². The number of carbonyl (C=O) groups excluding carboxylic acids is 2. The molecule has 2 heterocycles. The number of carboxylic acid groups (broad SMARTS) is 1. The summed E-state index contributed by atoms with van der Waals surface area (Å²) in [7, 11) is 0. The number of hydrogen-bond donors (Lipinski definition) is 3. The molecule has 2 rings (SSSR count). The Labute approximate surface area is 117 Å². The second kappa shape index (κ2) is 6.56. The molecule has 0 aromatic carbocycles. The van der Waals surface area contributed by atoms with Crippen molar-refractivity contribution in [3.63, 3.8) is 0 Å². The zero-order chi connectivity index (χ0) is 14.5. The van der Waals surface area contributed by atoms with Crippen LogP contribution in [0.4, 0.5) is 4.79 Å². The molecule has 8 nitrogen and oxygen atoms in total. The minimum Gasteiger partial charge on any atom is -0.480 e. The predicted molar refractivity (Wildman–Crippen MR) is 70.2 cm³/mol. The maximum absolute atomic E-state index is 11.9. The molecule has 0 spiro atoms. The van der Waals surface area contributed by atoms with E-state index < -0.39 is 18.4 Å². The summed E-state index contributed by atoms with van der Waals surface area (Å²) in [5.41, 5.74) is 0. The predicted octanol–water partition coefficient (Wildman–Crippen LogP) is -1.32. The maximum atomic E-state index is 11.9. The summed E-state index contributed by atoms with van der Waals surface area (Å²) in [5.74, 6) is -1.61. The highest BCUT2D eigenvalue weighted by molar-refractivity contribution is 5.86. The number of hydrogen-bond acceptors (Lipinski definition) is 4. The van der Waals surface area contributed by atoms with E-state index in [1.54, 1.807) is 4.90 Å². The van der Waals surface area contributed by atoms with Crippen LogP contribution in [0.3, 0.4) is 0 Å². The van der Waals surface area contributed by atoms with E-state index in [2.05, 4.69) is 15.5 Å². The van der Waals surface area contributed by atoms with Crippen molar-refractivity contribution >= 4 is 17.9 Å². The number of carboxylic acids is 1. The number of amides is 3.